The lowest BCUT2D eigenvalue weighted by molar-refractivity contribution is -0.155. The number of hydrogen-bond donors (Lipinski definition) is 5. The average Bonchev–Trinajstić information content (AvgIpc) is 1.69. The molecule has 5 amide bonds. The SMILES string of the molecule is Cn1nc(NC(=O)COc2ccc(-c3cnc4ccccn34)cn2)cc1C(F)(F)F.Cn1nc(NC(=O)COc2ccc(-c3cnc4cnccn34)cn2)cc1C(F)(F)F.Cn1ncc(NC(=O)COc2ccc(-c3cnc4ccccn34)cn2)c1C(F)(F)F.Cn1ncc(NC(=O)COc2ccc(-c3cnc4cnccn34)cn2)c1C(F)(F)F.O=C(COc1ccc(-c2cnc3cnccn23)cn1)Nc1cc(C(F)(F)F)on1. The Labute approximate surface area is 823 Å². The summed E-state index contributed by atoms with van der Waals surface area (Å²) in [5, 5.41) is 28.4. The van der Waals surface area contributed by atoms with Gasteiger partial charge in [-0.15, -0.1) is 0 Å². The number of anilines is 5. The van der Waals surface area contributed by atoms with Gasteiger partial charge in [0.25, 0.3) is 29.5 Å². The van der Waals surface area contributed by atoms with Crippen LogP contribution in [0.5, 0.6) is 29.4 Å². The van der Waals surface area contributed by atoms with Crippen LogP contribution in [0.15, 0.2) is 262 Å². The number of aryl methyl sites for hydroxylation is 4. The van der Waals surface area contributed by atoms with Crippen molar-refractivity contribution >= 4 is 86.6 Å². The number of pyridine rings is 7. The molecule has 5 N–H and O–H groups in total. The van der Waals surface area contributed by atoms with Crippen LogP contribution in [0.25, 0.3) is 84.5 Å². The van der Waals surface area contributed by atoms with Crippen LogP contribution in [0, 0.1) is 0 Å². The second-order valence-corrected chi connectivity index (χ2v) is 30.8. The first-order chi connectivity index (χ1) is 71.2. The summed E-state index contributed by atoms with van der Waals surface area (Å²) < 4.78 is 235. The molecule has 58 heteroatoms. The minimum atomic E-state index is -4.69. The predicted molar refractivity (Wildman–Crippen MR) is 490 cm³/mol. The average molecular weight is 2070 g/mol. The molecule has 0 fully saturated rings. The number of ether oxygens (including phenoxy) is 5. The van der Waals surface area contributed by atoms with E-state index in [9.17, 15) is 89.8 Å². The van der Waals surface area contributed by atoms with Crippen LogP contribution in [0.1, 0.15) is 28.5 Å². The smallest absolute Gasteiger partial charge is 0.452 e. The summed E-state index contributed by atoms with van der Waals surface area (Å²) in [4.78, 5) is 114. The number of halogens is 15. The first kappa shape index (κ1) is 102. The Hall–Kier alpha value is -19.7. The number of imidazole rings is 5. The summed E-state index contributed by atoms with van der Waals surface area (Å²) in [7, 11) is 4.57. The van der Waals surface area contributed by atoms with Crippen molar-refractivity contribution in [1.82, 2.24) is 131 Å². The number of nitrogens with one attached hydrogen (secondary N) is 5. The normalized spacial score (nSPS) is 11.6. The van der Waals surface area contributed by atoms with Crippen LogP contribution in [0.2, 0.25) is 0 Å². The molecule has 0 aliphatic rings. The Morgan fingerprint density at radius 3 is 0.852 bits per heavy atom. The number of carbonyl (C=O) groups is 5. The summed E-state index contributed by atoms with van der Waals surface area (Å²) in [6.45, 7) is -2.36. The number of rotatable bonds is 25. The van der Waals surface area contributed by atoms with E-state index >= 15 is 0 Å². The molecule has 0 aliphatic heterocycles. The molecule has 0 radical (unpaired) electrons. The zero-order chi connectivity index (χ0) is 106. The van der Waals surface area contributed by atoms with Gasteiger partial charge in [-0.1, -0.05) is 17.3 Å². The zero-order valence-electron chi connectivity index (χ0n) is 76.5. The van der Waals surface area contributed by atoms with Crippen molar-refractivity contribution in [1.29, 1.82) is 0 Å². The second kappa shape index (κ2) is 43.7. The Kier molecular flexibility index (Phi) is 30.0. The molecular formula is C91H69F15N32O11. The number of nitrogens with zero attached hydrogens (tertiary/aromatic N) is 27. The second-order valence-electron chi connectivity index (χ2n) is 30.8. The molecule has 20 aromatic heterocycles. The number of alkyl halides is 15. The van der Waals surface area contributed by atoms with E-state index in [2.05, 4.69) is 121 Å². The van der Waals surface area contributed by atoms with E-state index in [-0.39, 0.29) is 46.9 Å². The molecule has 0 unspecified atom stereocenters. The van der Waals surface area contributed by atoms with Gasteiger partial charge in [0.15, 0.2) is 78.8 Å². The maximum absolute atomic E-state index is 13.0. The highest BCUT2D eigenvalue weighted by Crippen LogP contribution is 2.39. The molecule has 0 aliphatic carbocycles. The molecule has 43 nitrogen and oxygen atoms in total. The molecule has 0 atom stereocenters. The molecule has 20 heterocycles. The minimum absolute atomic E-state index is 0.145. The molecular weight excluding hydrogens is 2000 g/mol. The maximum Gasteiger partial charge on any atom is 0.452 e. The van der Waals surface area contributed by atoms with Gasteiger partial charge in [0.05, 0.1) is 102 Å². The van der Waals surface area contributed by atoms with Crippen molar-refractivity contribution in [3.05, 3.63) is 286 Å². The fourth-order valence-electron chi connectivity index (χ4n) is 13.9. The molecule has 0 saturated heterocycles. The number of amides is 5. The molecule has 764 valence electrons. The van der Waals surface area contributed by atoms with Crippen molar-refractivity contribution in [2.75, 3.05) is 59.6 Å². The summed E-state index contributed by atoms with van der Waals surface area (Å²) in [6, 6.07) is 29.9. The quantitative estimate of drug-likeness (QED) is 0.0332. The Morgan fingerprint density at radius 2 is 0.584 bits per heavy atom. The lowest BCUT2D eigenvalue weighted by Crippen LogP contribution is -2.23. The van der Waals surface area contributed by atoms with Gasteiger partial charge in [-0.05, 0) is 54.6 Å². The van der Waals surface area contributed by atoms with E-state index < -0.39 is 133 Å². The van der Waals surface area contributed by atoms with Crippen LogP contribution in [0.3, 0.4) is 0 Å². The Morgan fingerprint density at radius 1 is 0.295 bits per heavy atom. The van der Waals surface area contributed by atoms with Crippen LogP contribution in [-0.2, 0) is 83.0 Å². The van der Waals surface area contributed by atoms with Gasteiger partial charge >= 0.3 is 30.9 Å². The molecule has 0 spiro atoms. The highest BCUT2D eigenvalue weighted by molar-refractivity contribution is 5.94. The Balaban J connectivity index is 0.000000133. The van der Waals surface area contributed by atoms with Gasteiger partial charge in [-0.25, -0.2) is 49.8 Å². The summed E-state index contributed by atoms with van der Waals surface area (Å²) >= 11 is 0. The van der Waals surface area contributed by atoms with Gasteiger partial charge in [0, 0.05) is 185 Å². The van der Waals surface area contributed by atoms with Crippen molar-refractivity contribution in [3.8, 4) is 85.7 Å². The third kappa shape index (κ3) is 25.3. The molecule has 149 heavy (non-hydrogen) atoms. The molecule has 20 rings (SSSR count). The van der Waals surface area contributed by atoms with Gasteiger partial charge in [-0.2, -0.15) is 86.3 Å². The third-order valence-corrected chi connectivity index (χ3v) is 20.6. The number of aromatic nitrogens is 27. The Bertz CT molecular complexity index is 7750. The van der Waals surface area contributed by atoms with Crippen LogP contribution in [-0.4, -0.2) is 194 Å². The first-order valence-electron chi connectivity index (χ1n) is 42.7. The van der Waals surface area contributed by atoms with E-state index in [1.54, 1.807) is 178 Å². The van der Waals surface area contributed by atoms with Gasteiger partial charge in [-0.3, -0.25) is 79.7 Å². The fraction of sp³-hybridized carbons (Fsp3) is 0.154. The van der Waals surface area contributed by atoms with E-state index in [4.69, 9.17) is 23.7 Å². The van der Waals surface area contributed by atoms with E-state index in [1.807, 2.05) is 70.8 Å². The maximum atomic E-state index is 13.0. The van der Waals surface area contributed by atoms with E-state index in [0.29, 0.717) is 41.7 Å². The van der Waals surface area contributed by atoms with Crippen molar-refractivity contribution in [2.45, 2.75) is 30.9 Å². The van der Waals surface area contributed by atoms with Crippen molar-refractivity contribution in [2.24, 2.45) is 28.2 Å². The standard InChI is InChI=1S/2C19H15F3N6O2.2C18H14F3N7O2.C17H11F3N6O3/c1-27-14(19(20,21)22)8-15(26-27)25-17(29)11-30-18-6-5-12(9-24-18)13-10-23-16-4-2-3-7-28(13)16;1-27-18(19(20,21)22)13(9-25-27)26-16(29)11-30-17-6-5-12(8-24-17)14-10-23-15-4-2-3-7-28(14)15;1-27-13(18(19,20)21)6-14(26-27)25-16(29)10-30-17-3-2-11(7-24-17)12-8-23-15-9-22-4-5-28(12)15;1-27-17(18(19,20)21)12(7-25-27)26-15(29)10-30-16-3-2-11(6-24-16)13-8-23-14-9-22-4-5-28(13)14;18-17(19,20)12-5-13(25-29-12)24-15(27)9-28-16-2-1-10(6-23-16)11-7-22-14-8-21-3-4-26(11)14/h2-10H,11H2,1H3,(H,25,26,29);2-10H,11H2,1H3,(H,26,29);2-9H,10H2,1H3,(H,25,26,29);2-9H,10H2,1H3,(H,26,29);1-8H,9H2,(H,24,25,27). The van der Waals surface area contributed by atoms with Crippen molar-refractivity contribution in [3.63, 3.8) is 0 Å². The summed E-state index contributed by atoms with van der Waals surface area (Å²) in [5.74, 6) is -4.84. The molecule has 20 aromatic rings. The third-order valence-electron chi connectivity index (χ3n) is 20.6. The number of carbonyl (C=O) groups excluding carboxylic acids is 5. The van der Waals surface area contributed by atoms with Gasteiger partial charge in [0.2, 0.25) is 35.2 Å². The summed E-state index contributed by atoms with van der Waals surface area (Å²) in [5.41, 5.74) is 6.68. The number of fused-ring (bicyclic) bond motifs is 5. The van der Waals surface area contributed by atoms with Gasteiger partial charge in [0.1, 0.15) is 22.7 Å². The monoisotopic (exact) mass is 2070 g/mol. The predicted octanol–water partition coefficient (Wildman–Crippen LogP) is 14.3. The minimum Gasteiger partial charge on any atom is -0.468 e. The first-order valence-corrected chi connectivity index (χ1v) is 42.7. The highest BCUT2D eigenvalue weighted by atomic mass is 19.4. The van der Waals surface area contributed by atoms with Crippen LogP contribution >= 0.6 is 0 Å². The largest absolute Gasteiger partial charge is 0.468 e. The van der Waals surface area contributed by atoms with E-state index in [1.165, 1.54) is 0 Å². The zero-order valence-corrected chi connectivity index (χ0v) is 76.5. The van der Waals surface area contributed by atoms with Crippen LogP contribution < -0.4 is 50.3 Å². The topological polar surface area (TPSA) is 479 Å². The molecule has 0 aromatic carbocycles. The lowest BCUT2D eigenvalue weighted by atomic mass is 10.2. The molecule has 0 saturated carbocycles. The number of hydrogen-bond acceptors (Lipinski definition) is 29. The van der Waals surface area contributed by atoms with E-state index in [0.717, 1.165) is 120 Å². The fourth-order valence-corrected chi connectivity index (χ4v) is 13.9. The van der Waals surface area contributed by atoms with Gasteiger partial charge < -0.3 is 54.8 Å². The summed E-state index contributed by atoms with van der Waals surface area (Å²) in [6.07, 6.45) is 13.9. The van der Waals surface area contributed by atoms with Crippen molar-refractivity contribution < 1.29 is 118 Å². The molecule has 0 bridgehead atoms. The van der Waals surface area contributed by atoms with Crippen LogP contribution in [0.4, 0.5) is 94.7 Å². The lowest BCUT2D eigenvalue weighted by Gasteiger charge is -2.11. The highest BCUT2D eigenvalue weighted by Gasteiger charge is 2.41.